The lowest BCUT2D eigenvalue weighted by Crippen LogP contribution is -2.36. The number of para-hydroxylation sites is 1. The summed E-state index contributed by atoms with van der Waals surface area (Å²) in [6.45, 7) is 0.429. The smallest absolute Gasteiger partial charge is 0.258 e. The fourth-order valence-electron chi connectivity index (χ4n) is 3.03. The van der Waals surface area contributed by atoms with Crippen LogP contribution in [0.5, 0.6) is 5.75 Å². The summed E-state index contributed by atoms with van der Waals surface area (Å²) in [5.41, 5.74) is 2.26. The molecule has 1 heterocycles. The molecular weight excluding hydrogens is 352 g/mol. The minimum absolute atomic E-state index is 0.0237. The highest BCUT2D eigenvalue weighted by atomic mass is 16.5. The van der Waals surface area contributed by atoms with Crippen LogP contribution in [0.1, 0.15) is 22.9 Å². The van der Waals surface area contributed by atoms with Crippen LogP contribution in [0.25, 0.3) is 0 Å². The van der Waals surface area contributed by atoms with Gasteiger partial charge in [0.2, 0.25) is 0 Å². The van der Waals surface area contributed by atoms with E-state index in [9.17, 15) is 4.79 Å². The summed E-state index contributed by atoms with van der Waals surface area (Å²) in [6, 6.07) is 21.8. The van der Waals surface area contributed by atoms with Gasteiger partial charge in [-0.2, -0.15) is 0 Å². The Kier molecular flexibility index (Phi) is 6.87. The average Bonchev–Trinajstić information content (AvgIpc) is 3.22. The van der Waals surface area contributed by atoms with Gasteiger partial charge in [0.15, 0.2) is 6.61 Å². The molecule has 3 aromatic rings. The molecule has 0 aliphatic rings. The second-order valence-electron chi connectivity index (χ2n) is 6.86. The molecule has 3 rings (SSSR count). The molecule has 5 nitrogen and oxygen atoms in total. The Morgan fingerprint density at radius 3 is 2.50 bits per heavy atom. The first-order valence-corrected chi connectivity index (χ1v) is 9.34. The summed E-state index contributed by atoms with van der Waals surface area (Å²) < 4.78 is 11.3. The van der Waals surface area contributed by atoms with Crippen molar-refractivity contribution >= 4 is 5.91 Å². The van der Waals surface area contributed by atoms with E-state index in [1.165, 1.54) is 5.56 Å². The highest BCUT2D eigenvalue weighted by molar-refractivity contribution is 5.77. The molecule has 0 bridgehead atoms. The molecule has 146 valence electrons. The Morgan fingerprint density at radius 2 is 1.79 bits per heavy atom. The van der Waals surface area contributed by atoms with Gasteiger partial charge in [-0.15, -0.1) is 0 Å². The zero-order valence-electron chi connectivity index (χ0n) is 16.3. The Morgan fingerprint density at radius 1 is 1.04 bits per heavy atom. The zero-order chi connectivity index (χ0) is 19.8. The Labute approximate surface area is 165 Å². The molecule has 1 atom stereocenters. The maximum absolute atomic E-state index is 12.3. The number of rotatable bonds is 9. The van der Waals surface area contributed by atoms with Gasteiger partial charge in [-0.1, -0.05) is 48.5 Å². The van der Waals surface area contributed by atoms with E-state index in [0.717, 1.165) is 23.5 Å². The van der Waals surface area contributed by atoms with Crippen LogP contribution in [0.4, 0.5) is 0 Å². The van der Waals surface area contributed by atoms with Crippen LogP contribution in [-0.4, -0.2) is 38.1 Å². The molecular formula is C23H26N2O3. The number of hydrogen-bond acceptors (Lipinski definition) is 4. The summed E-state index contributed by atoms with van der Waals surface area (Å²) in [5, 5.41) is 2.93. The molecule has 1 amide bonds. The number of nitrogens with one attached hydrogen (secondary N) is 1. The Bertz CT molecular complexity index is 861. The third-order valence-electron chi connectivity index (χ3n) is 4.56. The standard InChI is InChI=1S/C23H26N2O3/c1-25(2)20(22-13-8-14-27-22)16-24-23(26)17-28-21-12-7-6-11-19(21)15-18-9-4-3-5-10-18/h3-14,20H,15-17H2,1-2H3,(H,24,26). The highest BCUT2D eigenvalue weighted by Crippen LogP contribution is 2.21. The molecule has 1 aromatic heterocycles. The van der Waals surface area contributed by atoms with Gasteiger partial charge in [-0.05, 0) is 43.4 Å². The molecule has 0 fully saturated rings. The second-order valence-corrected chi connectivity index (χ2v) is 6.86. The summed E-state index contributed by atoms with van der Waals surface area (Å²) in [7, 11) is 3.91. The van der Waals surface area contributed by atoms with Crippen LogP contribution < -0.4 is 10.1 Å². The molecule has 5 heteroatoms. The molecule has 0 aliphatic heterocycles. The third-order valence-corrected chi connectivity index (χ3v) is 4.56. The summed E-state index contributed by atoms with van der Waals surface area (Å²) in [4.78, 5) is 14.3. The van der Waals surface area contributed by atoms with Crippen LogP contribution in [0.15, 0.2) is 77.4 Å². The normalized spacial score (nSPS) is 12.0. The molecule has 28 heavy (non-hydrogen) atoms. The van der Waals surface area contributed by atoms with Crippen LogP contribution in [-0.2, 0) is 11.2 Å². The van der Waals surface area contributed by atoms with Gasteiger partial charge in [0, 0.05) is 13.0 Å². The summed E-state index contributed by atoms with van der Waals surface area (Å²) in [5.74, 6) is 1.39. The number of hydrogen-bond donors (Lipinski definition) is 1. The van der Waals surface area contributed by atoms with Gasteiger partial charge < -0.3 is 14.5 Å². The van der Waals surface area contributed by atoms with E-state index >= 15 is 0 Å². The SMILES string of the molecule is CN(C)C(CNC(=O)COc1ccccc1Cc1ccccc1)c1ccco1. The highest BCUT2D eigenvalue weighted by Gasteiger charge is 2.18. The first kappa shape index (κ1) is 19.7. The van der Waals surface area contributed by atoms with Crippen LogP contribution >= 0.6 is 0 Å². The van der Waals surface area contributed by atoms with Gasteiger partial charge in [0.05, 0.1) is 12.3 Å². The summed E-state index contributed by atoms with van der Waals surface area (Å²) >= 11 is 0. The molecule has 1 unspecified atom stereocenters. The topological polar surface area (TPSA) is 54.7 Å². The molecule has 0 saturated heterocycles. The number of benzene rings is 2. The maximum Gasteiger partial charge on any atom is 0.258 e. The van der Waals surface area contributed by atoms with Crippen molar-refractivity contribution < 1.29 is 13.9 Å². The average molecular weight is 378 g/mol. The van der Waals surface area contributed by atoms with Crippen molar-refractivity contribution in [2.45, 2.75) is 12.5 Å². The number of amides is 1. The molecule has 0 spiro atoms. The predicted octanol–water partition coefficient (Wildman–Crippen LogP) is 3.67. The van der Waals surface area contributed by atoms with E-state index in [1.807, 2.05) is 73.6 Å². The number of ether oxygens (including phenoxy) is 1. The van der Waals surface area contributed by atoms with Crippen molar-refractivity contribution in [1.82, 2.24) is 10.2 Å². The predicted molar refractivity (Wildman–Crippen MR) is 109 cm³/mol. The van der Waals surface area contributed by atoms with Gasteiger partial charge in [0.1, 0.15) is 11.5 Å². The van der Waals surface area contributed by atoms with Crippen LogP contribution in [0, 0.1) is 0 Å². The van der Waals surface area contributed by atoms with E-state index in [1.54, 1.807) is 6.26 Å². The van der Waals surface area contributed by atoms with E-state index in [2.05, 4.69) is 17.4 Å². The lowest BCUT2D eigenvalue weighted by molar-refractivity contribution is -0.123. The first-order chi connectivity index (χ1) is 13.6. The minimum atomic E-state index is -0.159. The van der Waals surface area contributed by atoms with E-state index in [4.69, 9.17) is 9.15 Å². The summed E-state index contributed by atoms with van der Waals surface area (Å²) in [6.07, 6.45) is 2.40. The van der Waals surface area contributed by atoms with Crippen LogP contribution in [0.3, 0.4) is 0 Å². The largest absolute Gasteiger partial charge is 0.483 e. The van der Waals surface area contributed by atoms with Crippen molar-refractivity contribution in [2.75, 3.05) is 27.2 Å². The maximum atomic E-state index is 12.3. The van der Waals surface area contributed by atoms with E-state index in [-0.39, 0.29) is 18.6 Å². The lowest BCUT2D eigenvalue weighted by Gasteiger charge is -2.22. The molecule has 0 aliphatic carbocycles. The number of nitrogens with zero attached hydrogens (tertiary/aromatic N) is 1. The van der Waals surface area contributed by atoms with Gasteiger partial charge in [0.25, 0.3) is 5.91 Å². The van der Waals surface area contributed by atoms with Crippen LogP contribution in [0.2, 0.25) is 0 Å². The van der Waals surface area contributed by atoms with E-state index in [0.29, 0.717) is 6.54 Å². The monoisotopic (exact) mass is 378 g/mol. The van der Waals surface area contributed by atoms with Gasteiger partial charge in [-0.25, -0.2) is 0 Å². The van der Waals surface area contributed by atoms with Gasteiger partial charge >= 0.3 is 0 Å². The lowest BCUT2D eigenvalue weighted by atomic mass is 10.0. The number of likely N-dealkylation sites (N-methyl/N-ethyl adjacent to an activating group) is 1. The Balaban J connectivity index is 1.55. The molecule has 2 aromatic carbocycles. The zero-order valence-corrected chi connectivity index (χ0v) is 16.3. The fourth-order valence-corrected chi connectivity index (χ4v) is 3.03. The number of furan rings is 1. The van der Waals surface area contributed by atoms with Crippen molar-refractivity contribution in [1.29, 1.82) is 0 Å². The number of carbonyl (C=O) groups is 1. The molecule has 1 N–H and O–H groups in total. The first-order valence-electron chi connectivity index (χ1n) is 9.34. The minimum Gasteiger partial charge on any atom is -0.483 e. The van der Waals surface area contributed by atoms with Gasteiger partial charge in [-0.3, -0.25) is 9.69 Å². The number of carbonyl (C=O) groups excluding carboxylic acids is 1. The third kappa shape index (κ3) is 5.47. The fraction of sp³-hybridized carbons (Fsp3) is 0.261. The Hall–Kier alpha value is -3.05. The van der Waals surface area contributed by atoms with Crippen molar-refractivity contribution in [2.24, 2.45) is 0 Å². The quantitative estimate of drug-likeness (QED) is 0.617. The van der Waals surface area contributed by atoms with Crippen molar-refractivity contribution in [3.05, 3.63) is 89.9 Å². The van der Waals surface area contributed by atoms with Crippen molar-refractivity contribution in [3.63, 3.8) is 0 Å². The molecule has 0 radical (unpaired) electrons. The van der Waals surface area contributed by atoms with E-state index < -0.39 is 0 Å². The molecule has 0 saturated carbocycles. The second kappa shape index (κ2) is 9.76. The van der Waals surface area contributed by atoms with Crippen molar-refractivity contribution in [3.8, 4) is 5.75 Å².